The third kappa shape index (κ3) is 2.62. The van der Waals surface area contributed by atoms with Crippen LogP contribution in [-0.4, -0.2) is 27.3 Å². The van der Waals surface area contributed by atoms with Gasteiger partial charge in [0.1, 0.15) is 0 Å². The zero-order valence-electron chi connectivity index (χ0n) is 13.7. The number of carbonyl (C=O) groups excluding carboxylic acids is 3. The summed E-state index contributed by atoms with van der Waals surface area (Å²) >= 11 is 0. The maximum Gasteiger partial charge on any atom is 0.275 e. The minimum absolute atomic E-state index is 0.300. The van der Waals surface area contributed by atoms with Crippen molar-refractivity contribution in [3.05, 3.63) is 65.0 Å². The predicted octanol–water partition coefficient (Wildman–Crippen LogP) is 2.05. The summed E-state index contributed by atoms with van der Waals surface area (Å²) in [6.07, 6.45) is 1.20. The van der Waals surface area contributed by atoms with Crippen molar-refractivity contribution in [2.24, 2.45) is 0 Å². The van der Waals surface area contributed by atoms with E-state index in [0.29, 0.717) is 11.1 Å². The van der Waals surface area contributed by atoms with E-state index < -0.39 is 17.7 Å². The molecule has 0 radical (unpaired) electrons. The number of aryl methyl sites for hydroxylation is 2. The average Bonchev–Trinajstić information content (AvgIpc) is 3.01. The van der Waals surface area contributed by atoms with Crippen molar-refractivity contribution in [3.63, 3.8) is 0 Å². The van der Waals surface area contributed by atoms with Gasteiger partial charge in [0.25, 0.3) is 17.7 Å². The molecule has 0 atom stereocenters. The molecule has 3 rings (SSSR count). The molecule has 0 saturated carbocycles. The summed E-state index contributed by atoms with van der Waals surface area (Å²) in [6.45, 7) is 5.55. The second-order valence-corrected chi connectivity index (χ2v) is 5.75. The van der Waals surface area contributed by atoms with Gasteiger partial charge in [-0.25, -0.2) is 0 Å². The van der Waals surface area contributed by atoms with E-state index >= 15 is 0 Å². The molecule has 0 spiro atoms. The Kier molecular flexibility index (Phi) is 3.81. The Labute approximate surface area is 139 Å². The van der Waals surface area contributed by atoms with Crippen LogP contribution in [0.4, 0.5) is 0 Å². The number of amides is 3. The second kappa shape index (κ2) is 5.81. The Bertz CT molecular complexity index is 856. The summed E-state index contributed by atoms with van der Waals surface area (Å²) in [5.74, 6) is -1.56. The summed E-state index contributed by atoms with van der Waals surface area (Å²) in [6, 6.07) is 11.0. The van der Waals surface area contributed by atoms with Crippen LogP contribution in [0.2, 0.25) is 0 Å². The molecular formula is C18H17N3O3. The first-order valence-electron chi connectivity index (χ1n) is 7.51. The lowest BCUT2D eigenvalue weighted by molar-refractivity contribution is -0.139. The lowest BCUT2D eigenvalue weighted by atomic mass is 10.2. The van der Waals surface area contributed by atoms with E-state index in [9.17, 15) is 14.4 Å². The quantitative estimate of drug-likeness (QED) is 0.879. The van der Waals surface area contributed by atoms with Crippen LogP contribution in [0.3, 0.4) is 0 Å². The first-order chi connectivity index (χ1) is 11.4. The highest BCUT2D eigenvalue weighted by Crippen LogP contribution is 2.17. The molecule has 6 heteroatoms. The molecule has 1 aliphatic rings. The fraction of sp³-hybridized carbons (Fsp3) is 0.167. The number of aromatic nitrogens is 1. The van der Waals surface area contributed by atoms with Crippen LogP contribution in [0, 0.1) is 13.8 Å². The van der Waals surface area contributed by atoms with Crippen LogP contribution >= 0.6 is 0 Å². The molecule has 2 aromatic rings. The fourth-order valence-corrected chi connectivity index (χ4v) is 2.70. The Hall–Kier alpha value is -3.15. The van der Waals surface area contributed by atoms with Crippen molar-refractivity contribution < 1.29 is 14.4 Å². The first kappa shape index (κ1) is 15.7. The predicted molar refractivity (Wildman–Crippen MR) is 88.3 cm³/mol. The minimum atomic E-state index is -0.541. The summed E-state index contributed by atoms with van der Waals surface area (Å²) in [4.78, 5) is 35.7. The van der Waals surface area contributed by atoms with Gasteiger partial charge in [0.15, 0.2) is 0 Å². The standard InChI is InChI=1S/C18H17N3O3/c1-11-10-16(22)21(18(11)24)19-17(23)14-6-8-15(9-7-14)20-12(2)4-5-13(20)3/h4-10H,1-3H3,(H,19,23). The number of carbonyl (C=O) groups is 3. The molecule has 2 heterocycles. The maximum absolute atomic E-state index is 12.2. The SMILES string of the molecule is CC1=CC(=O)N(NC(=O)c2ccc(-n3c(C)ccc3C)cc2)C1=O. The Morgan fingerprint density at radius 1 is 0.917 bits per heavy atom. The van der Waals surface area contributed by atoms with Gasteiger partial charge in [-0.1, -0.05) is 0 Å². The van der Waals surface area contributed by atoms with Gasteiger partial charge in [-0.2, -0.15) is 5.01 Å². The molecular weight excluding hydrogens is 306 g/mol. The smallest absolute Gasteiger partial charge is 0.275 e. The zero-order valence-corrected chi connectivity index (χ0v) is 13.7. The van der Waals surface area contributed by atoms with Crippen molar-refractivity contribution in [1.29, 1.82) is 0 Å². The first-order valence-corrected chi connectivity index (χ1v) is 7.51. The average molecular weight is 323 g/mol. The highest BCUT2D eigenvalue weighted by Gasteiger charge is 2.30. The van der Waals surface area contributed by atoms with Crippen molar-refractivity contribution in [2.45, 2.75) is 20.8 Å². The Morgan fingerprint density at radius 2 is 1.50 bits per heavy atom. The van der Waals surface area contributed by atoms with Crippen LogP contribution in [0.1, 0.15) is 28.7 Å². The van der Waals surface area contributed by atoms with Gasteiger partial charge >= 0.3 is 0 Å². The van der Waals surface area contributed by atoms with Crippen molar-refractivity contribution >= 4 is 17.7 Å². The molecule has 0 aliphatic carbocycles. The van der Waals surface area contributed by atoms with Gasteiger partial charge in [-0.05, 0) is 57.2 Å². The van der Waals surface area contributed by atoms with Gasteiger partial charge in [-0.15, -0.1) is 0 Å². The molecule has 1 aliphatic heterocycles. The number of hydrogen-bond donors (Lipinski definition) is 1. The van der Waals surface area contributed by atoms with Crippen LogP contribution in [0.25, 0.3) is 5.69 Å². The molecule has 1 N–H and O–H groups in total. The Morgan fingerprint density at radius 3 is 2.00 bits per heavy atom. The minimum Gasteiger partial charge on any atom is -0.319 e. The molecule has 0 bridgehead atoms. The fourth-order valence-electron chi connectivity index (χ4n) is 2.70. The van der Waals surface area contributed by atoms with Gasteiger partial charge in [0, 0.05) is 34.3 Å². The van der Waals surface area contributed by atoms with E-state index in [1.807, 2.05) is 38.1 Å². The summed E-state index contributed by atoms with van der Waals surface area (Å²) < 4.78 is 2.07. The van der Waals surface area contributed by atoms with Gasteiger partial charge in [0.2, 0.25) is 0 Å². The van der Waals surface area contributed by atoms with E-state index in [0.717, 1.165) is 22.1 Å². The monoisotopic (exact) mass is 323 g/mol. The van der Waals surface area contributed by atoms with E-state index in [2.05, 4.69) is 9.99 Å². The molecule has 24 heavy (non-hydrogen) atoms. The number of nitrogens with one attached hydrogen (secondary N) is 1. The van der Waals surface area contributed by atoms with Crippen molar-refractivity contribution in [3.8, 4) is 5.69 Å². The van der Waals surface area contributed by atoms with E-state index in [-0.39, 0.29) is 0 Å². The number of hydrazine groups is 1. The molecule has 3 amide bonds. The topological polar surface area (TPSA) is 71.4 Å². The largest absolute Gasteiger partial charge is 0.319 e. The lowest BCUT2D eigenvalue weighted by Crippen LogP contribution is -2.46. The number of hydrogen-bond acceptors (Lipinski definition) is 3. The van der Waals surface area contributed by atoms with E-state index in [4.69, 9.17) is 0 Å². The third-order valence-electron chi connectivity index (χ3n) is 3.97. The summed E-state index contributed by atoms with van der Waals surface area (Å²) in [5, 5.41) is 0.728. The number of nitrogens with zero attached hydrogens (tertiary/aromatic N) is 2. The van der Waals surface area contributed by atoms with Gasteiger partial charge in [-0.3, -0.25) is 19.8 Å². The molecule has 1 aromatic heterocycles. The van der Waals surface area contributed by atoms with Gasteiger partial charge < -0.3 is 4.57 Å². The van der Waals surface area contributed by atoms with Crippen LogP contribution < -0.4 is 5.43 Å². The van der Waals surface area contributed by atoms with Crippen LogP contribution in [0.5, 0.6) is 0 Å². The van der Waals surface area contributed by atoms with E-state index in [1.54, 1.807) is 12.1 Å². The highest BCUT2D eigenvalue weighted by atomic mass is 16.2. The maximum atomic E-state index is 12.2. The molecule has 0 saturated heterocycles. The molecule has 0 fully saturated rings. The van der Waals surface area contributed by atoms with Crippen molar-refractivity contribution in [2.75, 3.05) is 0 Å². The van der Waals surface area contributed by atoms with Crippen molar-refractivity contribution in [1.82, 2.24) is 15.0 Å². The Balaban J connectivity index is 1.78. The molecule has 0 unspecified atom stereocenters. The molecule has 6 nitrogen and oxygen atoms in total. The molecule has 1 aromatic carbocycles. The highest BCUT2D eigenvalue weighted by molar-refractivity contribution is 6.16. The lowest BCUT2D eigenvalue weighted by Gasteiger charge is -2.16. The summed E-state index contributed by atoms with van der Waals surface area (Å²) in [7, 11) is 0. The second-order valence-electron chi connectivity index (χ2n) is 5.75. The van der Waals surface area contributed by atoms with E-state index in [1.165, 1.54) is 13.0 Å². The third-order valence-corrected chi connectivity index (χ3v) is 3.97. The number of benzene rings is 1. The molecule has 122 valence electrons. The number of imide groups is 1. The summed E-state index contributed by atoms with van der Waals surface area (Å²) in [5.41, 5.74) is 6.14. The van der Waals surface area contributed by atoms with Crippen LogP contribution in [-0.2, 0) is 9.59 Å². The zero-order chi connectivity index (χ0) is 17.4. The van der Waals surface area contributed by atoms with Crippen LogP contribution in [0.15, 0.2) is 48.0 Å². The number of rotatable bonds is 3. The van der Waals surface area contributed by atoms with Gasteiger partial charge in [0.05, 0.1) is 0 Å². The normalized spacial score (nSPS) is 14.1.